The van der Waals surface area contributed by atoms with E-state index in [4.69, 9.17) is 4.74 Å². The van der Waals surface area contributed by atoms with Gasteiger partial charge in [0.05, 0.1) is 12.5 Å². The third kappa shape index (κ3) is 7.78. The molecule has 3 unspecified atom stereocenters. The van der Waals surface area contributed by atoms with Crippen molar-refractivity contribution in [1.29, 1.82) is 0 Å². The molecule has 2 aromatic rings. The predicted octanol–water partition coefficient (Wildman–Crippen LogP) is 7.70. The van der Waals surface area contributed by atoms with Crippen LogP contribution in [0.1, 0.15) is 51.0 Å². The minimum Gasteiger partial charge on any atom is -0.457 e. The summed E-state index contributed by atoms with van der Waals surface area (Å²) in [5, 5.41) is 9.74. The first-order valence-corrected chi connectivity index (χ1v) is 11.8. The van der Waals surface area contributed by atoms with E-state index < -0.39 is 36.8 Å². The molecule has 0 radical (unpaired) electrons. The molecule has 0 aliphatic heterocycles. The van der Waals surface area contributed by atoms with Crippen LogP contribution in [0.25, 0.3) is 0 Å². The summed E-state index contributed by atoms with van der Waals surface area (Å²) in [6.07, 6.45) is -11.1. The van der Waals surface area contributed by atoms with Crippen molar-refractivity contribution < 1.29 is 36.2 Å². The van der Waals surface area contributed by atoms with Gasteiger partial charge in [-0.2, -0.15) is 26.3 Å². The molecule has 3 atom stereocenters. The quantitative estimate of drug-likeness (QED) is 0.375. The minimum atomic E-state index is -4.84. The maximum atomic E-state index is 13.3. The summed E-state index contributed by atoms with van der Waals surface area (Å²) in [6, 6.07) is 13.9. The molecule has 0 spiro atoms. The molecule has 3 rings (SSSR count). The molecule has 194 valence electrons. The van der Waals surface area contributed by atoms with Crippen LogP contribution >= 0.6 is 0 Å². The van der Waals surface area contributed by atoms with Gasteiger partial charge < -0.3 is 14.7 Å². The summed E-state index contributed by atoms with van der Waals surface area (Å²) < 4.78 is 85.1. The monoisotopic (exact) mass is 503 g/mol. The Morgan fingerprint density at radius 1 is 0.971 bits per heavy atom. The van der Waals surface area contributed by atoms with Crippen molar-refractivity contribution in [2.75, 3.05) is 18.0 Å². The highest BCUT2D eigenvalue weighted by Crippen LogP contribution is 2.41. The van der Waals surface area contributed by atoms with Gasteiger partial charge in [-0.15, -0.1) is 0 Å². The average molecular weight is 504 g/mol. The lowest BCUT2D eigenvalue weighted by Gasteiger charge is -2.36. The molecule has 1 aliphatic rings. The van der Waals surface area contributed by atoms with Crippen molar-refractivity contribution in [3.63, 3.8) is 0 Å². The van der Waals surface area contributed by atoms with Crippen molar-refractivity contribution in [3.8, 4) is 11.5 Å². The topological polar surface area (TPSA) is 32.7 Å². The summed E-state index contributed by atoms with van der Waals surface area (Å²) in [5.74, 6) is -0.677. The summed E-state index contributed by atoms with van der Waals surface area (Å²) in [5.41, 5.74) is 1.41. The van der Waals surface area contributed by atoms with Crippen LogP contribution < -0.4 is 9.64 Å². The van der Waals surface area contributed by atoms with Gasteiger partial charge in [-0.3, -0.25) is 0 Å². The Bertz CT molecular complexity index is 959. The van der Waals surface area contributed by atoms with Gasteiger partial charge in [0.15, 0.2) is 6.10 Å². The molecule has 0 aromatic heterocycles. The lowest BCUT2D eigenvalue weighted by Crippen LogP contribution is -2.44. The number of hydrogen-bond donors (Lipinski definition) is 1. The fourth-order valence-corrected chi connectivity index (χ4v) is 4.48. The van der Waals surface area contributed by atoms with Crippen LogP contribution in [0.2, 0.25) is 0 Å². The van der Waals surface area contributed by atoms with E-state index in [1.807, 2.05) is 32.0 Å². The number of hydrogen-bond acceptors (Lipinski definition) is 3. The number of benzene rings is 2. The van der Waals surface area contributed by atoms with E-state index in [-0.39, 0.29) is 25.3 Å². The number of alkyl halides is 6. The van der Waals surface area contributed by atoms with Crippen LogP contribution in [0.3, 0.4) is 0 Å². The van der Waals surface area contributed by atoms with Gasteiger partial charge in [0, 0.05) is 18.3 Å². The van der Waals surface area contributed by atoms with Crippen molar-refractivity contribution >= 4 is 5.69 Å². The predicted molar refractivity (Wildman–Crippen MR) is 123 cm³/mol. The molecule has 0 amide bonds. The third-order valence-electron chi connectivity index (χ3n) is 6.44. The highest BCUT2D eigenvalue weighted by Gasteiger charge is 2.43. The number of rotatable bonds is 8. The van der Waals surface area contributed by atoms with Crippen molar-refractivity contribution in [2.45, 2.75) is 63.9 Å². The average Bonchev–Trinajstić information content (AvgIpc) is 2.78. The van der Waals surface area contributed by atoms with E-state index in [1.54, 1.807) is 30.3 Å². The highest BCUT2D eigenvalue weighted by atomic mass is 19.4. The Hall–Kier alpha value is -2.42. The van der Waals surface area contributed by atoms with Crippen molar-refractivity contribution in [2.24, 2.45) is 11.8 Å². The fraction of sp³-hybridized carbons (Fsp3) is 0.538. The molecule has 9 heteroatoms. The number of aliphatic hydroxyl groups is 1. The standard InChI is InChI=1S/C26H31F6NO2/c1-17(2)19-7-4-10-22(13-19)35-23-11-5-9-21(14-23)33(16-24(34)26(30,31)32)15-18-6-3-8-20(12-18)25(27,28)29/h4-5,7,9-11,13-14,17-18,20,24,34H,3,6,8,12,15-16H2,1-2H3. The van der Waals surface area contributed by atoms with Gasteiger partial charge in [0.25, 0.3) is 0 Å². The molecule has 3 nitrogen and oxygen atoms in total. The molecule has 2 aromatic carbocycles. The summed E-state index contributed by atoms with van der Waals surface area (Å²) in [4.78, 5) is 1.32. The van der Waals surface area contributed by atoms with Gasteiger partial charge in [-0.05, 0) is 60.9 Å². The molecule has 0 heterocycles. The van der Waals surface area contributed by atoms with Gasteiger partial charge in [0.1, 0.15) is 11.5 Å². The normalized spacial score (nSPS) is 20.1. The third-order valence-corrected chi connectivity index (χ3v) is 6.44. The second-order valence-electron chi connectivity index (χ2n) is 9.56. The minimum absolute atomic E-state index is 0.0218. The summed E-state index contributed by atoms with van der Waals surface area (Å²) in [7, 11) is 0. The van der Waals surface area contributed by atoms with E-state index in [2.05, 4.69) is 0 Å². The molecule has 0 bridgehead atoms. The first kappa shape index (κ1) is 27.2. The summed E-state index contributed by atoms with van der Waals surface area (Å²) in [6.45, 7) is 3.28. The maximum absolute atomic E-state index is 13.3. The first-order chi connectivity index (χ1) is 16.3. The van der Waals surface area contributed by atoms with Crippen LogP contribution in [0.15, 0.2) is 48.5 Å². The van der Waals surface area contributed by atoms with Crippen molar-refractivity contribution in [1.82, 2.24) is 0 Å². The molecular weight excluding hydrogens is 472 g/mol. The molecule has 1 aliphatic carbocycles. The fourth-order valence-electron chi connectivity index (χ4n) is 4.48. The van der Waals surface area contributed by atoms with Gasteiger partial charge in [-0.25, -0.2) is 0 Å². The van der Waals surface area contributed by atoms with Crippen LogP contribution in [-0.2, 0) is 0 Å². The zero-order valence-electron chi connectivity index (χ0n) is 19.7. The number of nitrogens with zero attached hydrogens (tertiary/aromatic N) is 1. The number of aliphatic hydroxyl groups excluding tert-OH is 1. The Morgan fingerprint density at radius 2 is 1.63 bits per heavy atom. The molecule has 1 N–H and O–H groups in total. The highest BCUT2D eigenvalue weighted by molar-refractivity contribution is 5.52. The Balaban J connectivity index is 1.82. The molecule has 1 saturated carbocycles. The Kier molecular flexibility index (Phi) is 8.62. The van der Waals surface area contributed by atoms with Gasteiger partial charge in [-0.1, -0.05) is 38.5 Å². The van der Waals surface area contributed by atoms with E-state index in [0.29, 0.717) is 30.0 Å². The van der Waals surface area contributed by atoms with Gasteiger partial charge in [0.2, 0.25) is 0 Å². The van der Waals surface area contributed by atoms with E-state index in [1.165, 1.54) is 4.90 Å². The van der Waals surface area contributed by atoms with Crippen LogP contribution in [0.5, 0.6) is 11.5 Å². The van der Waals surface area contributed by atoms with Crippen molar-refractivity contribution in [3.05, 3.63) is 54.1 Å². The van der Waals surface area contributed by atoms with E-state index in [0.717, 1.165) is 5.56 Å². The first-order valence-electron chi connectivity index (χ1n) is 11.8. The molecule has 1 fully saturated rings. The zero-order chi connectivity index (χ0) is 25.8. The lowest BCUT2D eigenvalue weighted by molar-refractivity contribution is -0.200. The van der Waals surface area contributed by atoms with Gasteiger partial charge >= 0.3 is 12.4 Å². The lowest BCUT2D eigenvalue weighted by atomic mass is 9.80. The Labute approximate surface area is 201 Å². The summed E-state index contributed by atoms with van der Waals surface area (Å²) >= 11 is 0. The molecule has 35 heavy (non-hydrogen) atoms. The zero-order valence-corrected chi connectivity index (χ0v) is 19.7. The molecule has 0 saturated heterocycles. The SMILES string of the molecule is CC(C)c1cccc(Oc2cccc(N(CC3CCCC(C(F)(F)F)C3)CC(O)C(F)(F)F)c2)c1. The second kappa shape index (κ2) is 11.1. The van der Waals surface area contributed by atoms with Crippen LogP contribution in [0.4, 0.5) is 32.0 Å². The number of halogens is 6. The van der Waals surface area contributed by atoms with Crippen LogP contribution in [0, 0.1) is 11.8 Å². The number of anilines is 1. The number of ether oxygens (including phenoxy) is 1. The van der Waals surface area contributed by atoms with E-state index in [9.17, 15) is 31.4 Å². The van der Waals surface area contributed by atoms with Crippen LogP contribution in [-0.4, -0.2) is 36.7 Å². The maximum Gasteiger partial charge on any atom is 0.416 e. The van der Waals surface area contributed by atoms with E-state index >= 15 is 0 Å². The second-order valence-corrected chi connectivity index (χ2v) is 9.56. The Morgan fingerprint density at radius 3 is 2.26 bits per heavy atom. The smallest absolute Gasteiger partial charge is 0.416 e. The molecular formula is C26H31F6NO2. The largest absolute Gasteiger partial charge is 0.457 e.